The largest absolute Gasteiger partial charge is 0.494 e. The quantitative estimate of drug-likeness (QED) is 0.463. The van der Waals surface area contributed by atoms with Crippen LogP contribution in [0.4, 0.5) is 5.13 Å². The Labute approximate surface area is 191 Å². The zero-order chi connectivity index (χ0) is 22.6. The molecule has 0 unspecified atom stereocenters. The first kappa shape index (κ1) is 23.5. The molecule has 3 rings (SSSR count). The van der Waals surface area contributed by atoms with E-state index in [-0.39, 0.29) is 23.0 Å². The number of amides is 1. The van der Waals surface area contributed by atoms with Crippen LogP contribution in [0.2, 0.25) is 5.02 Å². The Kier molecular flexibility index (Phi) is 7.53. The van der Waals surface area contributed by atoms with Gasteiger partial charge < -0.3 is 9.64 Å². The number of anilines is 1. The van der Waals surface area contributed by atoms with E-state index in [1.807, 2.05) is 19.0 Å². The standard InChI is InChI=1S/C21H24ClN3O4S2/c1-24(2)12-13-25(18(26)11-14-31(27,28)15-7-5-4-6-8-15)21-23-19-17(29-3)10-9-16(22)20(19)30-21/h4-10H,11-14H2,1-3H3. The van der Waals surface area contributed by atoms with Crippen LogP contribution in [0.3, 0.4) is 0 Å². The molecule has 7 nitrogen and oxygen atoms in total. The van der Waals surface area contributed by atoms with Crippen molar-refractivity contribution in [2.45, 2.75) is 11.3 Å². The minimum absolute atomic E-state index is 0.147. The van der Waals surface area contributed by atoms with Crippen LogP contribution in [0.25, 0.3) is 10.2 Å². The second-order valence-electron chi connectivity index (χ2n) is 7.15. The first-order valence-electron chi connectivity index (χ1n) is 9.59. The van der Waals surface area contributed by atoms with Crippen LogP contribution in [0.15, 0.2) is 47.4 Å². The van der Waals surface area contributed by atoms with Crippen LogP contribution in [0.1, 0.15) is 6.42 Å². The second kappa shape index (κ2) is 9.95. The lowest BCUT2D eigenvalue weighted by Gasteiger charge is -2.22. The van der Waals surface area contributed by atoms with Gasteiger partial charge in [0.1, 0.15) is 11.3 Å². The third-order valence-electron chi connectivity index (χ3n) is 4.66. The Morgan fingerprint density at radius 1 is 1.13 bits per heavy atom. The highest BCUT2D eigenvalue weighted by molar-refractivity contribution is 7.91. The molecule has 0 N–H and O–H groups in total. The van der Waals surface area contributed by atoms with E-state index in [0.717, 1.165) is 4.70 Å². The Bertz CT molecular complexity index is 1160. The molecule has 0 fully saturated rings. The van der Waals surface area contributed by atoms with Gasteiger partial charge in [0.2, 0.25) is 5.91 Å². The predicted molar refractivity (Wildman–Crippen MR) is 125 cm³/mol. The van der Waals surface area contributed by atoms with Crippen LogP contribution in [0.5, 0.6) is 5.75 Å². The number of fused-ring (bicyclic) bond motifs is 1. The van der Waals surface area contributed by atoms with Crippen LogP contribution < -0.4 is 9.64 Å². The molecule has 0 atom stereocenters. The SMILES string of the molecule is COc1ccc(Cl)c2sc(N(CCN(C)C)C(=O)CCS(=O)(=O)c3ccccc3)nc12. The molecule has 3 aromatic rings. The Morgan fingerprint density at radius 2 is 1.84 bits per heavy atom. The number of halogens is 1. The first-order valence-corrected chi connectivity index (χ1v) is 12.4. The van der Waals surface area contributed by atoms with Crippen molar-refractivity contribution in [1.82, 2.24) is 9.88 Å². The van der Waals surface area contributed by atoms with Gasteiger partial charge in [0.15, 0.2) is 15.0 Å². The molecule has 1 aromatic heterocycles. The van der Waals surface area contributed by atoms with Crippen molar-refractivity contribution in [2.75, 3.05) is 44.9 Å². The van der Waals surface area contributed by atoms with Crippen molar-refractivity contribution in [1.29, 1.82) is 0 Å². The molecule has 0 spiro atoms. The molecular weight excluding hydrogens is 458 g/mol. The lowest BCUT2D eigenvalue weighted by atomic mass is 10.3. The smallest absolute Gasteiger partial charge is 0.229 e. The number of methoxy groups -OCH3 is 1. The molecule has 166 valence electrons. The molecule has 10 heteroatoms. The molecule has 0 saturated heterocycles. The average molecular weight is 482 g/mol. The summed E-state index contributed by atoms with van der Waals surface area (Å²) in [5, 5.41) is 0.983. The number of ether oxygens (including phenoxy) is 1. The zero-order valence-electron chi connectivity index (χ0n) is 17.5. The molecule has 0 radical (unpaired) electrons. The van der Waals surface area contributed by atoms with Crippen molar-refractivity contribution in [3.05, 3.63) is 47.5 Å². The van der Waals surface area contributed by atoms with Gasteiger partial charge in [-0.25, -0.2) is 13.4 Å². The number of carbonyl (C=O) groups is 1. The van der Waals surface area contributed by atoms with Gasteiger partial charge >= 0.3 is 0 Å². The molecule has 0 aliphatic heterocycles. The normalized spacial score (nSPS) is 11.8. The monoisotopic (exact) mass is 481 g/mol. The number of likely N-dealkylation sites (N-methyl/N-ethyl adjacent to an activating group) is 1. The summed E-state index contributed by atoms with van der Waals surface area (Å²) >= 11 is 7.61. The lowest BCUT2D eigenvalue weighted by Crippen LogP contribution is -2.37. The summed E-state index contributed by atoms with van der Waals surface area (Å²) in [6, 6.07) is 11.6. The van der Waals surface area contributed by atoms with Gasteiger partial charge in [0.25, 0.3) is 0 Å². The molecule has 0 bridgehead atoms. The molecular formula is C21H24ClN3O4S2. The van der Waals surface area contributed by atoms with Gasteiger partial charge in [-0.15, -0.1) is 0 Å². The van der Waals surface area contributed by atoms with E-state index in [9.17, 15) is 13.2 Å². The highest BCUT2D eigenvalue weighted by atomic mass is 35.5. The van der Waals surface area contributed by atoms with Gasteiger partial charge in [0, 0.05) is 19.5 Å². The van der Waals surface area contributed by atoms with E-state index in [0.29, 0.717) is 34.5 Å². The highest BCUT2D eigenvalue weighted by Crippen LogP contribution is 2.38. The molecule has 1 heterocycles. The summed E-state index contributed by atoms with van der Waals surface area (Å²) in [7, 11) is 1.79. The summed E-state index contributed by atoms with van der Waals surface area (Å²) in [4.78, 5) is 21.4. The number of carbonyl (C=O) groups excluding carboxylic acids is 1. The third-order valence-corrected chi connectivity index (χ3v) is 7.93. The maximum absolute atomic E-state index is 13.1. The number of thiazole rings is 1. The maximum Gasteiger partial charge on any atom is 0.229 e. The van der Waals surface area contributed by atoms with Gasteiger partial charge in [0.05, 0.1) is 27.5 Å². The Hall–Kier alpha value is -2.20. The zero-order valence-corrected chi connectivity index (χ0v) is 19.9. The van der Waals surface area contributed by atoms with Crippen LogP contribution in [-0.4, -0.2) is 64.3 Å². The first-order chi connectivity index (χ1) is 14.7. The molecule has 0 saturated carbocycles. The highest BCUT2D eigenvalue weighted by Gasteiger charge is 2.24. The van der Waals surface area contributed by atoms with E-state index < -0.39 is 9.84 Å². The average Bonchev–Trinajstić information content (AvgIpc) is 3.19. The lowest BCUT2D eigenvalue weighted by molar-refractivity contribution is -0.118. The molecule has 31 heavy (non-hydrogen) atoms. The van der Waals surface area contributed by atoms with Crippen molar-refractivity contribution in [2.24, 2.45) is 0 Å². The maximum atomic E-state index is 13.1. The van der Waals surface area contributed by atoms with Gasteiger partial charge in [-0.3, -0.25) is 9.69 Å². The van der Waals surface area contributed by atoms with Gasteiger partial charge in [-0.2, -0.15) is 0 Å². The van der Waals surface area contributed by atoms with Crippen molar-refractivity contribution in [3.8, 4) is 5.75 Å². The molecule has 1 amide bonds. The number of hydrogen-bond donors (Lipinski definition) is 0. The van der Waals surface area contributed by atoms with Gasteiger partial charge in [-0.1, -0.05) is 41.1 Å². The minimum atomic E-state index is -3.56. The number of hydrogen-bond acceptors (Lipinski definition) is 7. The summed E-state index contributed by atoms with van der Waals surface area (Å²) < 4.78 is 31.3. The summed E-state index contributed by atoms with van der Waals surface area (Å²) in [6.45, 7) is 0.967. The minimum Gasteiger partial charge on any atom is -0.494 e. The topological polar surface area (TPSA) is 79.8 Å². The fourth-order valence-electron chi connectivity index (χ4n) is 2.95. The predicted octanol–water partition coefficient (Wildman–Crippen LogP) is 3.72. The van der Waals surface area contributed by atoms with Crippen molar-refractivity contribution >= 4 is 54.0 Å². The summed E-state index contributed by atoms with van der Waals surface area (Å²) in [5.41, 5.74) is 0.578. The fourth-order valence-corrected chi connectivity index (χ4v) is 5.50. The summed E-state index contributed by atoms with van der Waals surface area (Å²) in [5.74, 6) is -0.0208. The Balaban J connectivity index is 1.88. The molecule has 2 aromatic carbocycles. The molecule has 0 aliphatic rings. The number of aromatic nitrogens is 1. The number of benzene rings is 2. The van der Waals surface area contributed by atoms with E-state index in [1.54, 1.807) is 37.4 Å². The Morgan fingerprint density at radius 3 is 2.48 bits per heavy atom. The number of sulfone groups is 1. The third kappa shape index (κ3) is 5.54. The van der Waals surface area contributed by atoms with Crippen molar-refractivity contribution in [3.63, 3.8) is 0 Å². The van der Waals surface area contributed by atoms with E-state index >= 15 is 0 Å². The van der Waals surface area contributed by atoms with E-state index in [1.165, 1.54) is 28.4 Å². The van der Waals surface area contributed by atoms with Crippen LogP contribution in [-0.2, 0) is 14.6 Å². The van der Waals surface area contributed by atoms with Crippen LogP contribution >= 0.6 is 22.9 Å². The second-order valence-corrected chi connectivity index (χ2v) is 10.6. The number of rotatable bonds is 9. The van der Waals surface area contributed by atoms with Crippen molar-refractivity contribution < 1.29 is 17.9 Å². The molecule has 0 aliphatic carbocycles. The van der Waals surface area contributed by atoms with E-state index in [4.69, 9.17) is 16.3 Å². The van der Waals surface area contributed by atoms with Gasteiger partial charge in [-0.05, 0) is 38.4 Å². The van der Waals surface area contributed by atoms with E-state index in [2.05, 4.69) is 4.98 Å². The summed E-state index contributed by atoms with van der Waals surface area (Å²) in [6.07, 6.45) is -0.147. The van der Waals surface area contributed by atoms with Crippen LogP contribution in [0, 0.1) is 0 Å². The fraction of sp³-hybridized carbons (Fsp3) is 0.333. The number of nitrogens with zero attached hydrogens (tertiary/aromatic N) is 3.